The van der Waals surface area contributed by atoms with E-state index in [1.165, 1.54) is 6.42 Å². The van der Waals surface area contributed by atoms with Gasteiger partial charge in [0, 0.05) is 37.1 Å². The molecule has 1 aliphatic carbocycles. The van der Waals surface area contributed by atoms with Crippen LogP contribution in [0.3, 0.4) is 0 Å². The second kappa shape index (κ2) is 5.71. The summed E-state index contributed by atoms with van der Waals surface area (Å²) in [4.78, 5) is 0. The number of nitrogens with one attached hydrogen (secondary N) is 1. The molecule has 1 saturated carbocycles. The Morgan fingerprint density at radius 3 is 2.58 bits per heavy atom. The molecule has 3 atom stereocenters. The lowest BCUT2D eigenvalue weighted by atomic mass is 9.57. The van der Waals surface area contributed by atoms with Crippen molar-refractivity contribution in [3.05, 3.63) is 0 Å². The standard InChI is InChI=1S/C16H31NO2/c1-5-16(6-2,8-9-18)11-17-13-12-7-10-19-14(12)15(13,3)4/h12-14,17-18H,5-11H2,1-4H3. The molecule has 3 heteroatoms. The zero-order valence-corrected chi connectivity index (χ0v) is 13.0. The quantitative estimate of drug-likeness (QED) is 0.746. The number of hydrogen-bond donors (Lipinski definition) is 2. The van der Waals surface area contributed by atoms with Crippen molar-refractivity contribution in [2.45, 2.75) is 65.5 Å². The molecule has 0 amide bonds. The number of hydrogen-bond acceptors (Lipinski definition) is 3. The summed E-state index contributed by atoms with van der Waals surface area (Å²) >= 11 is 0. The van der Waals surface area contributed by atoms with Crippen LogP contribution in [-0.4, -0.2) is 37.0 Å². The molecular weight excluding hydrogens is 238 g/mol. The molecule has 19 heavy (non-hydrogen) atoms. The van der Waals surface area contributed by atoms with E-state index in [0.29, 0.717) is 24.7 Å². The minimum atomic E-state index is 0.258. The fourth-order valence-electron chi connectivity index (χ4n) is 4.24. The lowest BCUT2D eigenvalue weighted by Gasteiger charge is -2.55. The predicted octanol–water partition coefficient (Wildman–Crippen LogP) is 2.58. The van der Waals surface area contributed by atoms with Crippen LogP contribution >= 0.6 is 0 Å². The Labute approximate surface area is 118 Å². The van der Waals surface area contributed by atoms with E-state index in [4.69, 9.17) is 4.74 Å². The summed E-state index contributed by atoms with van der Waals surface area (Å²) in [6.07, 6.45) is 4.84. The molecule has 1 saturated heterocycles. The molecule has 112 valence electrons. The van der Waals surface area contributed by atoms with Gasteiger partial charge in [-0.2, -0.15) is 0 Å². The number of ether oxygens (including phenoxy) is 1. The highest BCUT2D eigenvalue weighted by atomic mass is 16.5. The topological polar surface area (TPSA) is 41.5 Å². The first-order valence-electron chi connectivity index (χ1n) is 7.96. The lowest BCUT2D eigenvalue weighted by Crippen LogP contribution is -2.66. The van der Waals surface area contributed by atoms with Crippen LogP contribution in [-0.2, 0) is 4.74 Å². The Hall–Kier alpha value is -0.120. The highest BCUT2D eigenvalue weighted by Gasteiger charge is 2.59. The molecule has 2 rings (SSSR count). The molecule has 0 bridgehead atoms. The summed E-state index contributed by atoms with van der Waals surface area (Å²) < 4.78 is 5.85. The molecule has 2 N–H and O–H groups in total. The van der Waals surface area contributed by atoms with E-state index in [0.717, 1.165) is 32.4 Å². The summed E-state index contributed by atoms with van der Waals surface area (Å²) in [6.45, 7) is 11.4. The van der Waals surface area contributed by atoms with E-state index in [2.05, 4.69) is 33.0 Å². The Morgan fingerprint density at radius 2 is 2.00 bits per heavy atom. The molecule has 2 fully saturated rings. The van der Waals surface area contributed by atoms with Crippen molar-refractivity contribution >= 4 is 0 Å². The fraction of sp³-hybridized carbons (Fsp3) is 1.00. The van der Waals surface area contributed by atoms with Crippen molar-refractivity contribution in [1.29, 1.82) is 0 Å². The van der Waals surface area contributed by atoms with Gasteiger partial charge in [0.15, 0.2) is 0 Å². The number of aliphatic hydroxyl groups is 1. The van der Waals surface area contributed by atoms with Crippen molar-refractivity contribution < 1.29 is 9.84 Å². The van der Waals surface area contributed by atoms with Gasteiger partial charge in [-0.25, -0.2) is 0 Å². The van der Waals surface area contributed by atoms with Crippen molar-refractivity contribution in [2.75, 3.05) is 19.8 Å². The van der Waals surface area contributed by atoms with Crippen molar-refractivity contribution in [3.8, 4) is 0 Å². The molecule has 1 aliphatic heterocycles. The van der Waals surface area contributed by atoms with Crippen LogP contribution in [0.2, 0.25) is 0 Å². The Kier molecular flexibility index (Phi) is 4.59. The van der Waals surface area contributed by atoms with Crippen LogP contribution in [0.1, 0.15) is 53.4 Å². The van der Waals surface area contributed by atoms with Crippen molar-refractivity contribution in [1.82, 2.24) is 5.32 Å². The van der Waals surface area contributed by atoms with Gasteiger partial charge >= 0.3 is 0 Å². The number of aliphatic hydroxyl groups excluding tert-OH is 1. The average Bonchev–Trinajstić information content (AvgIpc) is 2.84. The predicted molar refractivity (Wildman–Crippen MR) is 78.1 cm³/mol. The number of rotatable bonds is 7. The van der Waals surface area contributed by atoms with E-state index < -0.39 is 0 Å². The molecule has 1 heterocycles. The molecule has 0 aromatic carbocycles. The van der Waals surface area contributed by atoms with E-state index >= 15 is 0 Å². The number of fused-ring (bicyclic) bond motifs is 1. The van der Waals surface area contributed by atoms with Crippen molar-refractivity contribution in [3.63, 3.8) is 0 Å². The minimum absolute atomic E-state index is 0.258. The van der Waals surface area contributed by atoms with E-state index in [9.17, 15) is 5.11 Å². The highest BCUT2D eigenvalue weighted by molar-refractivity contribution is 5.11. The zero-order valence-electron chi connectivity index (χ0n) is 13.0. The maximum absolute atomic E-state index is 9.31. The van der Waals surface area contributed by atoms with Crippen LogP contribution in [0, 0.1) is 16.7 Å². The molecule has 0 aromatic heterocycles. The van der Waals surface area contributed by atoms with Crippen LogP contribution in [0.15, 0.2) is 0 Å². The van der Waals surface area contributed by atoms with Gasteiger partial charge in [0.1, 0.15) is 0 Å². The maximum Gasteiger partial charge on any atom is 0.0685 e. The Morgan fingerprint density at radius 1 is 1.32 bits per heavy atom. The van der Waals surface area contributed by atoms with Gasteiger partial charge in [0.05, 0.1) is 6.10 Å². The first-order valence-corrected chi connectivity index (χ1v) is 7.96. The molecule has 3 unspecified atom stereocenters. The summed E-state index contributed by atoms with van der Waals surface area (Å²) in [6, 6.07) is 0.580. The molecule has 2 aliphatic rings. The Bertz CT molecular complexity index is 299. The average molecular weight is 269 g/mol. The normalized spacial score (nSPS) is 33.0. The maximum atomic E-state index is 9.31. The highest BCUT2D eigenvalue weighted by Crippen LogP contribution is 2.52. The van der Waals surface area contributed by atoms with Crippen LogP contribution in [0.5, 0.6) is 0 Å². The van der Waals surface area contributed by atoms with Gasteiger partial charge in [-0.05, 0) is 31.1 Å². The zero-order chi connectivity index (χ0) is 14.1. The van der Waals surface area contributed by atoms with Crippen molar-refractivity contribution in [2.24, 2.45) is 16.7 Å². The molecule has 0 spiro atoms. The first-order chi connectivity index (χ1) is 9.00. The second-order valence-corrected chi connectivity index (χ2v) is 7.10. The summed E-state index contributed by atoms with van der Waals surface area (Å²) in [7, 11) is 0. The fourth-order valence-corrected chi connectivity index (χ4v) is 4.24. The Balaban J connectivity index is 1.94. The third-order valence-electron chi connectivity index (χ3n) is 5.94. The van der Waals surface area contributed by atoms with Gasteiger partial charge in [0.25, 0.3) is 0 Å². The smallest absolute Gasteiger partial charge is 0.0685 e. The van der Waals surface area contributed by atoms with E-state index in [1.54, 1.807) is 0 Å². The summed E-state index contributed by atoms with van der Waals surface area (Å²) in [5.74, 6) is 0.704. The summed E-state index contributed by atoms with van der Waals surface area (Å²) in [5, 5.41) is 13.1. The third-order valence-corrected chi connectivity index (χ3v) is 5.94. The third kappa shape index (κ3) is 2.57. The largest absolute Gasteiger partial charge is 0.396 e. The lowest BCUT2D eigenvalue weighted by molar-refractivity contribution is -0.115. The van der Waals surface area contributed by atoms with E-state index in [1.807, 2.05) is 0 Å². The van der Waals surface area contributed by atoms with Crippen LogP contribution in [0.25, 0.3) is 0 Å². The molecule has 3 nitrogen and oxygen atoms in total. The molecule has 0 aromatic rings. The van der Waals surface area contributed by atoms with Crippen LogP contribution in [0.4, 0.5) is 0 Å². The van der Waals surface area contributed by atoms with Gasteiger partial charge < -0.3 is 15.2 Å². The molecular formula is C16H31NO2. The monoisotopic (exact) mass is 269 g/mol. The van der Waals surface area contributed by atoms with Crippen LogP contribution < -0.4 is 5.32 Å². The van der Waals surface area contributed by atoms with Gasteiger partial charge in [-0.15, -0.1) is 0 Å². The van der Waals surface area contributed by atoms with Gasteiger partial charge in [0.2, 0.25) is 0 Å². The minimum Gasteiger partial charge on any atom is -0.396 e. The molecule has 0 radical (unpaired) electrons. The van der Waals surface area contributed by atoms with Gasteiger partial charge in [-0.1, -0.05) is 27.7 Å². The second-order valence-electron chi connectivity index (χ2n) is 7.10. The SMILES string of the molecule is CCC(CC)(CCO)CNC1C2CCOC2C1(C)C. The van der Waals surface area contributed by atoms with Gasteiger partial charge in [-0.3, -0.25) is 0 Å². The first kappa shape index (κ1) is 15.3. The summed E-state index contributed by atoms with van der Waals surface area (Å²) in [5.41, 5.74) is 0.517. The van der Waals surface area contributed by atoms with E-state index in [-0.39, 0.29) is 10.8 Å².